The van der Waals surface area contributed by atoms with Crippen molar-refractivity contribution in [2.75, 3.05) is 0 Å². The number of nitrogens with zero attached hydrogens (tertiary/aromatic N) is 1. The van der Waals surface area contributed by atoms with Crippen LogP contribution in [0.15, 0.2) is 30.5 Å². The zero-order chi connectivity index (χ0) is 15.5. The van der Waals surface area contributed by atoms with Crippen molar-refractivity contribution in [2.24, 2.45) is 0 Å². The molecule has 0 bridgehead atoms. The van der Waals surface area contributed by atoms with Crippen molar-refractivity contribution in [3.63, 3.8) is 0 Å². The Morgan fingerprint density at radius 3 is 2.45 bits per heavy atom. The SMILES string of the molecule is CCCc1cc(-c2[c-]ccc(C(F)(F)F)c2)ncc1CC.[Ir]. The number of aromatic nitrogens is 1. The van der Waals surface area contributed by atoms with E-state index >= 15 is 0 Å². The predicted octanol–water partition coefficient (Wildman–Crippen LogP) is 5.08. The van der Waals surface area contributed by atoms with Gasteiger partial charge in [0.25, 0.3) is 0 Å². The van der Waals surface area contributed by atoms with Crippen LogP contribution in [0.5, 0.6) is 0 Å². The molecule has 1 radical (unpaired) electrons. The average Bonchev–Trinajstić information content (AvgIpc) is 2.47. The molecule has 0 amide bonds. The van der Waals surface area contributed by atoms with Crippen LogP contribution in [-0.4, -0.2) is 4.98 Å². The van der Waals surface area contributed by atoms with E-state index in [1.54, 1.807) is 6.20 Å². The van der Waals surface area contributed by atoms with Crippen LogP contribution >= 0.6 is 0 Å². The van der Waals surface area contributed by atoms with Gasteiger partial charge in [-0.3, -0.25) is 0 Å². The summed E-state index contributed by atoms with van der Waals surface area (Å²) in [4.78, 5) is 4.29. The first-order valence-electron chi connectivity index (χ1n) is 7.02. The van der Waals surface area contributed by atoms with Crippen LogP contribution < -0.4 is 0 Å². The van der Waals surface area contributed by atoms with Crippen molar-refractivity contribution >= 4 is 0 Å². The molecule has 0 saturated carbocycles. The first-order valence-corrected chi connectivity index (χ1v) is 7.02. The molecule has 1 aromatic carbocycles. The van der Waals surface area contributed by atoms with Crippen LogP contribution in [-0.2, 0) is 39.1 Å². The molecule has 22 heavy (non-hydrogen) atoms. The minimum absolute atomic E-state index is 0. The van der Waals surface area contributed by atoms with Gasteiger partial charge in [0.2, 0.25) is 0 Å². The third-order valence-electron chi connectivity index (χ3n) is 3.39. The van der Waals surface area contributed by atoms with E-state index in [-0.39, 0.29) is 20.1 Å². The summed E-state index contributed by atoms with van der Waals surface area (Å²) < 4.78 is 38.3. The molecule has 1 heterocycles. The molecule has 1 aromatic heterocycles. The van der Waals surface area contributed by atoms with Gasteiger partial charge >= 0.3 is 6.18 Å². The summed E-state index contributed by atoms with van der Waals surface area (Å²) in [5, 5.41) is 0. The topological polar surface area (TPSA) is 12.9 Å². The van der Waals surface area contributed by atoms with E-state index in [1.807, 2.05) is 13.0 Å². The van der Waals surface area contributed by atoms with Gasteiger partial charge in [-0.1, -0.05) is 31.9 Å². The van der Waals surface area contributed by atoms with Gasteiger partial charge in [0, 0.05) is 26.3 Å². The molecule has 5 heteroatoms. The fourth-order valence-electron chi connectivity index (χ4n) is 2.28. The van der Waals surface area contributed by atoms with Crippen LogP contribution in [0.4, 0.5) is 13.2 Å². The normalized spacial score (nSPS) is 11.1. The second-order valence-electron chi connectivity index (χ2n) is 4.93. The van der Waals surface area contributed by atoms with Gasteiger partial charge in [-0.25, -0.2) is 0 Å². The van der Waals surface area contributed by atoms with E-state index in [0.29, 0.717) is 11.3 Å². The van der Waals surface area contributed by atoms with Crippen LogP contribution in [0.1, 0.15) is 37.0 Å². The molecule has 121 valence electrons. The number of rotatable bonds is 4. The zero-order valence-corrected chi connectivity index (χ0v) is 14.8. The maximum absolute atomic E-state index is 12.8. The molecule has 0 aliphatic rings. The number of aryl methyl sites for hydroxylation is 2. The van der Waals surface area contributed by atoms with Crippen molar-refractivity contribution in [2.45, 2.75) is 39.3 Å². The summed E-state index contributed by atoms with van der Waals surface area (Å²) >= 11 is 0. The summed E-state index contributed by atoms with van der Waals surface area (Å²) in [5.74, 6) is 0. The molecule has 0 aliphatic carbocycles. The summed E-state index contributed by atoms with van der Waals surface area (Å²) in [5.41, 5.74) is 2.55. The Morgan fingerprint density at radius 1 is 1.14 bits per heavy atom. The quantitative estimate of drug-likeness (QED) is 0.552. The number of benzene rings is 1. The molecule has 0 atom stereocenters. The summed E-state index contributed by atoms with van der Waals surface area (Å²) in [6.07, 6.45) is 0.170. The average molecular weight is 485 g/mol. The minimum Gasteiger partial charge on any atom is -0.304 e. The molecule has 0 spiro atoms. The number of hydrogen-bond acceptors (Lipinski definition) is 1. The van der Waals surface area contributed by atoms with Crippen LogP contribution in [0.2, 0.25) is 0 Å². The molecule has 0 aliphatic heterocycles. The fourth-order valence-corrected chi connectivity index (χ4v) is 2.28. The first-order chi connectivity index (χ1) is 9.95. The fraction of sp³-hybridized carbons (Fsp3) is 0.353. The molecule has 0 fully saturated rings. The molecular weight excluding hydrogens is 467 g/mol. The van der Waals surface area contributed by atoms with Crippen LogP contribution in [0, 0.1) is 6.07 Å². The van der Waals surface area contributed by atoms with E-state index < -0.39 is 11.7 Å². The van der Waals surface area contributed by atoms with Gasteiger partial charge in [0.05, 0.1) is 0 Å². The molecule has 1 nitrogen and oxygen atoms in total. The number of halogens is 3. The standard InChI is InChI=1S/C17H17F3N.Ir/c1-3-6-13-10-16(21-11-12(13)4-2)14-7-5-8-15(9-14)17(18,19)20;/h5,8-11H,3-4,6H2,1-2H3;/q-1;. The van der Waals surface area contributed by atoms with Gasteiger partial charge < -0.3 is 4.98 Å². The zero-order valence-electron chi connectivity index (χ0n) is 12.4. The Morgan fingerprint density at radius 2 is 1.86 bits per heavy atom. The van der Waals surface area contributed by atoms with Crippen molar-refractivity contribution in [3.05, 3.63) is 53.2 Å². The second kappa shape index (κ2) is 7.89. The number of hydrogen-bond donors (Lipinski definition) is 0. The van der Waals surface area contributed by atoms with Crippen molar-refractivity contribution in [1.82, 2.24) is 4.98 Å². The molecule has 2 aromatic rings. The second-order valence-corrected chi connectivity index (χ2v) is 4.93. The molecule has 0 N–H and O–H groups in total. The minimum atomic E-state index is -4.35. The number of pyridine rings is 1. The van der Waals surface area contributed by atoms with Crippen LogP contribution in [0.25, 0.3) is 11.3 Å². The van der Waals surface area contributed by atoms with E-state index in [4.69, 9.17) is 0 Å². The Kier molecular flexibility index (Phi) is 6.76. The van der Waals surface area contributed by atoms with Gasteiger partial charge in [-0.15, -0.1) is 29.8 Å². The summed E-state index contributed by atoms with van der Waals surface area (Å²) in [7, 11) is 0. The molecular formula is C17H17F3IrN-. The Hall–Kier alpha value is -1.19. The van der Waals surface area contributed by atoms with Gasteiger partial charge in [0.15, 0.2) is 0 Å². The largest absolute Gasteiger partial charge is 0.399 e. The van der Waals surface area contributed by atoms with Gasteiger partial charge in [0.1, 0.15) is 0 Å². The Labute approximate surface area is 142 Å². The number of alkyl halides is 3. The smallest absolute Gasteiger partial charge is 0.304 e. The summed E-state index contributed by atoms with van der Waals surface area (Å²) in [6, 6.07) is 8.15. The summed E-state index contributed by atoms with van der Waals surface area (Å²) in [6.45, 7) is 4.13. The van der Waals surface area contributed by atoms with Crippen molar-refractivity contribution in [1.29, 1.82) is 0 Å². The first kappa shape index (κ1) is 18.9. The van der Waals surface area contributed by atoms with Gasteiger partial charge in [-0.05, 0) is 29.7 Å². The van der Waals surface area contributed by atoms with E-state index in [2.05, 4.69) is 18.0 Å². The van der Waals surface area contributed by atoms with E-state index in [0.717, 1.165) is 42.5 Å². The van der Waals surface area contributed by atoms with Crippen molar-refractivity contribution < 1.29 is 33.3 Å². The third-order valence-corrected chi connectivity index (χ3v) is 3.39. The van der Waals surface area contributed by atoms with E-state index in [9.17, 15) is 13.2 Å². The molecule has 0 unspecified atom stereocenters. The van der Waals surface area contributed by atoms with E-state index in [1.165, 1.54) is 6.07 Å². The Bertz CT molecular complexity index is 624. The third kappa shape index (κ3) is 4.40. The Balaban J connectivity index is 0.00000242. The van der Waals surface area contributed by atoms with Crippen LogP contribution in [0.3, 0.4) is 0 Å². The monoisotopic (exact) mass is 485 g/mol. The predicted molar refractivity (Wildman–Crippen MR) is 76.9 cm³/mol. The van der Waals surface area contributed by atoms with Crippen molar-refractivity contribution in [3.8, 4) is 11.3 Å². The van der Waals surface area contributed by atoms with Gasteiger partial charge in [-0.2, -0.15) is 13.2 Å². The molecule has 0 saturated heterocycles. The maximum atomic E-state index is 12.8. The maximum Gasteiger partial charge on any atom is 0.399 e. The molecule has 2 rings (SSSR count).